The largest absolute Gasteiger partial charge is 0.481 e. The number of hydrogen-bond donors (Lipinski definition) is 2. The molecule has 6 heteroatoms. The zero-order valence-electron chi connectivity index (χ0n) is 9.22. The summed E-state index contributed by atoms with van der Waals surface area (Å²) in [4.78, 5) is 24.7. The Hall–Kier alpha value is -1.85. The van der Waals surface area contributed by atoms with Gasteiger partial charge in [-0.25, -0.2) is 0 Å². The van der Waals surface area contributed by atoms with Crippen molar-refractivity contribution >= 4 is 17.6 Å². The molecular formula is C11H13N3O3. The van der Waals surface area contributed by atoms with Crippen molar-refractivity contribution in [1.82, 2.24) is 10.2 Å². The van der Waals surface area contributed by atoms with Gasteiger partial charge in [-0.05, 0) is 12.8 Å². The maximum atomic E-state index is 12.1. The molecule has 1 aromatic heterocycles. The van der Waals surface area contributed by atoms with E-state index in [4.69, 9.17) is 5.11 Å². The van der Waals surface area contributed by atoms with Crippen molar-refractivity contribution in [3.63, 3.8) is 0 Å². The lowest BCUT2D eigenvalue weighted by atomic mass is 9.97. The Morgan fingerprint density at radius 1 is 1.41 bits per heavy atom. The number of hydrogen-bond acceptors (Lipinski definition) is 3. The average molecular weight is 235 g/mol. The van der Waals surface area contributed by atoms with Crippen LogP contribution >= 0.6 is 0 Å². The molecule has 1 fully saturated rings. The van der Waals surface area contributed by atoms with Gasteiger partial charge in [0, 0.05) is 18.9 Å². The minimum Gasteiger partial charge on any atom is -0.481 e. The highest BCUT2D eigenvalue weighted by atomic mass is 16.4. The molecule has 2 N–H and O–H groups in total. The van der Waals surface area contributed by atoms with Crippen LogP contribution in [-0.2, 0) is 16.0 Å². The van der Waals surface area contributed by atoms with Crippen LogP contribution in [0, 0.1) is 11.8 Å². The lowest BCUT2D eigenvalue weighted by Crippen LogP contribution is -2.43. The molecule has 90 valence electrons. The van der Waals surface area contributed by atoms with Gasteiger partial charge >= 0.3 is 5.97 Å². The van der Waals surface area contributed by atoms with Gasteiger partial charge in [0.05, 0.1) is 23.5 Å². The van der Waals surface area contributed by atoms with Crippen LogP contribution in [0.3, 0.4) is 0 Å². The summed E-state index contributed by atoms with van der Waals surface area (Å²) in [5.41, 5.74) is 1.50. The molecule has 1 aliphatic carbocycles. The smallest absolute Gasteiger partial charge is 0.308 e. The number of carboxylic acids is 1. The van der Waals surface area contributed by atoms with E-state index in [-0.39, 0.29) is 18.4 Å². The Labute approximate surface area is 97.6 Å². The van der Waals surface area contributed by atoms with E-state index in [0.29, 0.717) is 6.42 Å². The summed E-state index contributed by atoms with van der Waals surface area (Å²) >= 11 is 0. The van der Waals surface area contributed by atoms with E-state index in [1.807, 2.05) is 0 Å². The Bertz CT molecular complexity index is 478. The van der Waals surface area contributed by atoms with Gasteiger partial charge in [0.2, 0.25) is 5.91 Å². The van der Waals surface area contributed by atoms with Gasteiger partial charge in [-0.1, -0.05) is 0 Å². The standard InChI is InChI=1S/C11H13N3O3/c15-10(6-1-2-6)14-5-7(11(16)17)3-8-9(14)4-12-13-8/h4,6-7H,1-3,5H2,(H,12,13)(H,16,17). The van der Waals surface area contributed by atoms with Crippen molar-refractivity contribution in [2.45, 2.75) is 19.3 Å². The molecule has 1 amide bonds. The van der Waals surface area contributed by atoms with Crippen molar-refractivity contribution in [2.75, 3.05) is 11.4 Å². The third kappa shape index (κ3) is 1.69. The SMILES string of the molecule is O=C(O)C1Cc2[nH]ncc2N(C(=O)C2CC2)C1. The van der Waals surface area contributed by atoms with Gasteiger partial charge < -0.3 is 10.0 Å². The van der Waals surface area contributed by atoms with Crippen LogP contribution in [0.2, 0.25) is 0 Å². The van der Waals surface area contributed by atoms with E-state index in [2.05, 4.69) is 10.2 Å². The number of aromatic amines is 1. The van der Waals surface area contributed by atoms with Crippen LogP contribution in [0.25, 0.3) is 0 Å². The van der Waals surface area contributed by atoms with Crippen molar-refractivity contribution < 1.29 is 14.7 Å². The summed E-state index contributed by atoms with van der Waals surface area (Å²) < 4.78 is 0. The lowest BCUT2D eigenvalue weighted by molar-refractivity contribution is -0.141. The minimum absolute atomic E-state index is 0.0404. The lowest BCUT2D eigenvalue weighted by Gasteiger charge is -2.30. The summed E-state index contributed by atoms with van der Waals surface area (Å²) in [6, 6.07) is 0. The molecule has 1 atom stereocenters. The molecule has 0 bridgehead atoms. The number of aromatic nitrogens is 2. The average Bonchev–Trinajstić information content (AvgIpc) is 3.05. The third-order valence-corrected chi connectivity index (χ3v) is 3.38. The number of rotatable bonds is 2. The molecular weight excluding hydrogens is 222 g/mol. The van der Waals surface area contributed by atoms with Crippen molar-refractivity contribution in [3.8, 4) is 0 Å². The Morgan fingerprint density at radius 2 is 2.18 bits per heavy atom. The zero-order chi connectivity index (χ0) is 12.0. The molecule has 2 heterocycles. The molecule has 1 aliphatic heterocycles. The number of carbonyl (C=O) groups is 2. The van der Waals surface area contributed by atoms with E-state index in [9.17, 15) is 9.59 Å². The van der Waals surface area contributed by atoms with Gasteiger partial charge in [-0.2, -0.15) is 5.10 Å². The van der Waals surface area contributed by atoms with Gasteiger partial charge in [0.1, 0.15) is 0 Å². The maximum Gasteiger partial charge on any atom is 0.308 e. The highest BCUT2D eigenvalue weighted by molar-refractivity contribution is 5.98. The fourth-order valence-corrected chi connectivity index (χ4v) is 2.24. The number of carboxylic acid groups (broad SMARTS) is 1. The van der Waals surface area contributed by atoms with Crippen LogP contribution < -0.4 is 4.90 Å². The summed E-state index contributed by atoms with van der Waals surface area (Å²) in [7, 11) is 0. The van der Waals surface area contributed by atoms with E-state index in [1.54, 1.807) is 11.1 Å². The number of nitrogens with one attached hydrogen (secondary N) is 1. The number of carbonyl (C=O) groups excluding carboxylic acids is 1. The van der Waals surface area contributed by atoms with Gasteiger partial charge in [-0.15, -0.1) is 0 Å². The van der Waals surface area contributed by atoms with E-state index in [1.165, 1.54) is 0 Å². The van der Waals surface area contributed by atoms with Crippen molar-refractivity contribution in [2.24, 2.45) is 11.8 Å². The monoisotopic (exact) mass is 235 g/mol. The summed E-state index contributed by atoms with van der Waals surface area (Å²) in [6.07, 6.45) is 3.85. The molecule has 0 radical (unpaired) electrons. The Morgan fingerprint density at radius 3 is 2.82 bits per heavy atom. The second kappa shape index (κ2) is 3.58. The van der Waals surface area contributed by atoms with E-state index < -0.39 is 11.9 Å². The first kappa shape index (κ1) is 10.3. The van der Waals surface area contributed by atoms with Crippen LogP contribution in [0.15, 0.2) is 6.20 Å². The summed E-state index contributed by atoms with van der Waals surface area (Å²) in [5.74, 6) is -1.27. The van der Waals surface area contributed by atoms with Crippen LogP contribution in [-0.4, -0.2) is 33.7 Å². The van der Waals surface area contributed by atoms with Crippen molar-refractivity contribution in [3.05, 3.63) is 11.9 Å². The first-order valence-corrected chi connectivity index (χ1v) is 5.73. The van der Waals surface area contributed by atoms with Gasteiger partial charge in [0.15, 0.2) is 0 Å². The summed E-state index contributed by atoms with van der Waals surface area (Å²) in [5, 5.41) is 15.8. The second-order valence-electron chi connectivity index (χ2n) is 4.70. The molecule has 17 heavy (non-hydrogen) atoms. The molecule has 6 nitrogen and oxygen atoms in total. The number of anilines is 1. The number of H-pyrrole nitrogens is 1. The second-order valence-corrected chi connectivity index (χ2v) is 4.70. The third-order valence-electron chi connectivity index (χ3n) is 3.38. The Kier molecular flexibility index (Phi) is 2.17. The maximum absolute atomic E-state index is 12.1. The topological polar surface area (TPSA) is 86.3 Å². The first-order valence-electron chi connectivity index (χ1n) is 5.73. The molecule has 1 unspecified atom stereocenters. The zero-order valence-corrected chi connectivity index (χ0v) is 9.22. The van der Waals surface area contributed by atoms with Crippen LogP contribution in [0.4, 0.5) is 5.69 Å². The molecule has 1 aromatic rings. The van der Waals surface area contributed by atoms with Crippen LogP contribution in [0.5, 0.6) is 0 Å². The van der Waals surface area contributed by atoms with E-state index >= 15 is 0 Å². The number of aliphatic carboxylic acids is 1. The first-order chi connectivity index (χ1) is 8.16. The van der Waals surface area contributed by atoms with Crippen LogP contribution in [0.1, 0.15) is 18.5 Å². The predicted molar refractivity (Wildman–Crippen MR) is 58.5 cm³/mol. The summed E-state index contributed by atoms with van der Waals surface area (Å²) in [6.45, 7) is 0.261. The molecule has 3 rings (SSSR count). The predicted octanol–water partition coefficient (Wildman–Crippen LogP) is 0.410. The normalized spacial score (nSPS) is 23.3. The highest BCUT2D eigenvalue weighted by Gasteiger charge is 2.39. The molecule has 0 aromatic carbocycles. The Balaban J connectivity index is 1.92. The van der Waals surface area contributed by atoms with Gasteiger partial charge in [-0.3, -0.25) is 14.7 Å². The quantitative estimate of drug-likeness (QED) is 0.777. The van der Waals surface area contributed by atoms with Gasteiger partial charge in [0.25, 0.3) is 0 Å². The fraction of sp³-hybridized carbons (Fsp3) is 0.545. The number of fused-ring (bicyclic) bond motifs is 1. The van der Waals surface area contributed by atoms with Crippen molar-refractivity contribution in [1.29, 1.82) is 0 Å². The molecule has 2 aliphatic rings. The number of amides is 1. The highest BCUT2D eigenvalue weighted by Crippen LogP contribution is 2.36. The number of nitrogens with zero attached hydrogens (tertiary/aromatic N) is 2. The minimum atomic E-state index is -0.862. The van der Waals surface area contributed by atoms with E-state index in [0.717, 1.165) is 24.2 Å². The molecule has 0 spiro atoms. The molecule has 0 saturated heterocycles. The fourth-order valence-electron chi connectivity index (χ4n) is 2.24. The molecule has 1 saturated carbocycles.